The molecule has 6 aromatic carbocycles. The predicted molar refractivity (Wildman–Crippen MR) is 203 cm³/mol. The quantitative estimate of drug-likeness (QED) is 0.189. The summed E-state index contributed by atoms with van der Waals surface area (Å²) in [6, 6.07) is 54.8. The first-order chi connectivity index (χ1) is 24.2. The Balaban J connectivity index is 1.08. The van der Waals surface area contributed by atoms with E-state index in [1.165, 1.54) is 76.6 Å². The molecular formula is C47H38N2. The van der Waals surface area contributed by atoms with Gasteiger partial charge in [-0.25, -0.2) is 9.97 Å². The van der Waals surface area contributed by atoms with E-state index in [1.807, 2.05) is 12.1 Å². The van der Waals surface area contributed by atoms with Gasteiger partial charge in [-0.3, -0.25) is 0 Å². The minimum Gasteiger partial charge on any atom is -0.228 e. The number of rotatable bonds is 5. The molecule has 9 rings (SSSR count). The smallest absolute Gasteiger partial charge is 0.160 e. The van der Waals surface area contributed by atoms with Crippen molar-refractivity contribution in [1.82, 2.24) is 9.97 Å². The summed E-state index contributed by atoms with van der Waals surface area (Å²) in [5.41, 5.74) is 17.3. The van der Waals surface area contributed by atoms with Gasteiger partial charge in [-0.05, 0) is 82.0 Å². The minimum atomic E-state index is 0.196. The molecule has 0 amide bonds. The third kappa shape index (κ3) is 5.11. The molecule has 0 saturated heterocycles. The summed E-state index contributed by atoms with van der Waals surface area (Å²) in [5.74, 6) is 0.741. The summed E-state index contributed by atoms with van der Waals surface area (Å²) in [4.78, 5) is 10.2. The number of nitrogens with zero attached hydrogens (tertiary/aromatic N) is 2. The zero-order valence-corrected chi connectivity index (χ0v) is 27.9. The second-order valence-electron chi connectivity index (χ2n) is 13.7. The number of benzene rings is 6. The fourth-order valence-electron chi connectivity index (χ4n) is 8.45. The lowest BCUT2D eigenvalue weighted by molar-refractivity contribution is 0.353. The van der Waals surface area contributed by atoms with Crippen LogP contribution >= 0.6 is 0 Å². The van der Waals surface area contributed by atoms with Crippen LogP contribution in [0.2, 0.25) is 0 Å². The molecule has 2 heteroatoms. The van der Waals surface area contributed by atoms with E-state index in [4.69, 9.17) is 9.97 Å². The normalized spacial score (nSPS) is 14.4. The molecule has 0 radical (unpaired) electrons. The lowest BCUT2D eigenvalue weighted by Crippen LogP contribution is -2.27. The van der Waals surface area contributed by atoms with Gasteiger partial charge in [0.1, 0.15) is 0 Å². The summed E-state index contributed by atoms with van der Waals surface area (Å²) in [7, 11) is 0. The molecule has 2 aliphatic carbocycles. The van der Waals surface area contributed by atoms with Crippen molar-refractivity contribution in [3.05, 3.63) is 168 Å². The third-order valence-corrected chi connectivity index (χ3v) is 10.9. The van der Waals surface area contributed by atoms with Crippen molar-refractivity contribution in [3.8, 4) is 67.3 Å². The fraction of sp³-hybridized carbons (Fsp3) is 0.149. The van der Waals surface area contributed by atoms with Crippen molar-refractivity contribution >= 4 is 0 Å². The zero-order valence-electron chi connectivity index (χ0n) is 27.9. The van der Waals surface area contributed by atoms with Crippen molar-refractivity contribution in [1.29, 1.82) is 0 Å². The largest absolute Gasteiger partial charge is 0.228 e. The van der Waals surface area contributed by atoms with Crippen molar-refractivity contribution in [3.63, 3.8) is 0 Å². The van der Waals surface area contributed by atoms with Crippen LogP contribution in [-0.2, 0) is 5.41 Å². The molecule has 0 unspecified atom stereocenters. The summed E-state index contributed by atoms with van der Waals surface area (Å²) in [6.45, 7) is 2.19. The Morgan fingerprint density at radius 3 is 1.65 bits per heavy atom. The third-order valence-electron chi connectivity index (χ3n) is 10.9. The van der Waals surface area contributed by atoms with E-state index in [0.717, 1.165) is 33.9 Å². The first-order valence-corrected chi connectivity index (χ1v) is 17.6. The van der Waals surface area contributed by atoms with Gasteiger partial charge in [0.2, 0.25) is 0 Å². The van der Waals surface area contributed by atoms with Gasteiger partial charge in [0.05, 0.1) is 11.4 Å². The highest BCUT2D eigenvalue weighted by atomic mass is 14.9. The summed E-state index contributed by atoms with van der Waals surface area (Å²) in [6.07, 6.45) is 6.51. The number of fused-ring (bicyclic) bond motifs is 5. The van der Waals surface area contributed by atoms with Gasteiger partial charge in [0.15, 0.2) is 5.82 Å². The Morgan fingerprint density at radius 1 is 0.408 bits per heavy atom. The predicted octanol–water partition coefficient (Wildman–Crippen LogP) is 12.4. The molecule has 49 heavy (non-hydrogen) atoms. The summed E-state index contributed by atoms with van der Waals surface area (Å²) < 4.78 is 0. The zero-order chi connectivity index (χ0) is 32.8. The van der Waals surface area contributed by atoms with Crippen LogP contribution in [-0.4, -0.2) is 9.97 Å². The van der Waals surface area contributed by atoms with E-state index in [1.54, 1.807) is 5.56 Å². The van der Waals surface area contributed by atoms with Gasteiger partial charge in [0.25, 0.3) is 0 Å². The summed E-state index contributed by atoms with van der Waals surface area (Å²) in [5, 5.41) is 0. The fourth-order valence-corrected chi connectivity index (χ4v) is 8.45. The van der Waals surface area contributed by atoms with Crippen molar-refractivity contribution in [2.75, 3.05) is 0 Å². The minimum absolute atomic E-state index is 0.196. The maximum atomic E-state index is 5.11. The molecule has 0 aliphatic heterocycles. The maximum absolute atomic E-state index is 5.11. The Kier molecular flexibility index (Phi) is 7.31. The number of hydrogen-bond acceptors (Lipinski definition) is 2. The molecular weight excluding hydrogens is 593 g/mol. The van der Waals surface area contributed by atoms with E-state index in [-0.39, 0.29) is 5.41 Å². The first kappa shape index (κ1) is 29.5. The van der Waals surface area contributed by atoms with Crippen molar-refractivity contribution < 1.29 is 0 Å². The molecule has 0 bridgehead atoms. The Bertz CT molecular complexity index is 2240. The highest BCUT2D eigenvalue weighted by Gasteiger charge is 2.43. The van der Waals surface area contributed by atoms with E-state index in [0.29, 0.717) is 0 Å². The molecule has 236 valence electrons. The van der Waals surface area contributed by atoms with Crippen LogP contribution < -0.4 is 0 Å². The molecule has 0 atom stereocenters. The lowest BCUT2D eigenvalue weighted by Gasteiger charge is -2.36. The molecule has 1 saturated carbocycles. The van der Waals surface area contributed by atoms with Crippen LogP contribution in [0.5, 0.6) is 0 Å². The average molecular weight is 631 g/mol. The van der Waals surface area contributed by atoms with Crippen LogP contribution in [0.4, 0.5) is 0 Å². The first-order valence-electron chi connectivity index (χ1n) is 17.6. The Labute approximate surface area is 289 Å². The van der Waals surface area contributed by atoms with Crippen LogP contribution in [0.3, 0.4) is 0 Å². The Hall–Kier alpha value is -5.60. The van der Waals surface area contributed by atoms with Crippen LogP contribution in [0.1, 0.15) is 48.8 Å². The van der Waals surface area contributed by atoms with Crippen molar-refractivity contribution in [2.45, 2.75) is 44.4 Å². The molecule has 1 aromatic heterocycles. The van der Waals surface area contributed by atoms with Gasteiger partial charge in [-0.15, -0.1) is 0 Å². The van der Waals surface area contributed by atoms with Gasteiger partial charge in [0, 0.05) is 22.1 Å². The number of aromatic nitrogens is 2. The molecule has 1 fully saturated rings. The van der Waals surface area contributed by atoms with Crippen molar-refractivity contribution in [2.24, 2.45) is 0 Å². The highest BCUT2D eigenvalue weighted by molar-refractivity contribution is 5.86. The van der Waals surface area contributed by atoms with E-state index < -0.39 is 0 Å². The molecule has 1 spiro atoms. The standard InChI is InChI=1S/C47H38N2/c1-32-38(19-13-20-39(32)46-48-44(35-14-5-2-6-15-35)31-45(49-46)36-16-7-3-8-17-36)34-24-22-33(23-25-34)37-26-27-43-41(30-37)40-18-9-10-21-42(40)47(43)28-11-4-12-29-47/h2-3,5-10,13-27,30-31H,4,11-12,28-29H2,1H3. The average Bonchev–Trinajstić information content (AvgIpc) is 3.44. The van der Waals surface area contributed by atoms with Gasteiger partial charge < -0.3 is 0 Å². The molecule has 0 N–H and O–H groups in total. The van der Waals surface area contributed by atoms with E-state index in [2.05, 4.69) is 146 Å². The monoisotopic (exact) mass is 630 g/mol. The highest BCUT2D eigenvalue weighted by Crippen LogP contribution is 2.56. The Morgan fingerprint density at radius 2 is 0.959 bits per heavy atom. The second kappa shape index (κ2) is 12.1. The van der Waals surface area contributed by atoms with Gasteiger partial charge in [-0.1, -0.05) is 159 Å². The van der Waals surface area contributed by atoms with Crippen LogP contribution in [0.25, 0.3) is 67.3 Å². The van der Waals surface area contributed by atoms with Gasteiger partial charge >= 0.3 is 0 Å². The lowest BCUT2D eigenvalue weighted by atomic mass is 9.68. The second-order valence-corrected chi connectivity index (χ2v) is 13.7. The molecule has 7 aromatic rings. The maximum Gasteiger partial charge on any atom is 0.160 e. The number of hydrogen-bond donors (Lipinski definition) is 0. The van der Waals surface area contributed by atoms with E-state index >= 15 is 0 Å². The van der Waals surface area contributed by atoms with Crippen LogP contribution in [0, 0.1) is 6.92 Å². The molecule has 2 nitrogen and oxygen atoms in total. The van der Waals surface area contributed by atoms with Gasteiger partial charge in [-0.2, -0.15) is 0 Å². The topological polar surface area (TPSA) is 25.8 Å². The molecule has 1 heterocycles. The van der Waals surface area contributed by atoms with E-state index in [9.17, 15) is 0 Å². The SMILES string of the molecule is Cc1c(-c2ccc(-c3ccc4c(c3)-c3ccccc3C43CCCCC3)cc2)cccc1-c1nc(-c2ccccc2)cc(-c2ccccc2)n1. The molecule has 2 aliphatic rings. The summed E-state index contributed by atoms with van der Waals surface area (Å²) >= 11 is 0. The van der Waals surface area contributed by atoms with Crippen LogP contribution in [0.15, 0.2) is 152 Å².